The van der Waals surface area contributed by atoms with E-state index in [0.29, 0.717) is 23.3 Å². The number of hydrogen-bond donors (Lipinski definition) is 4. The van der Waals surface area contributed by atoms with Crippen molar-refractivity contribution in [2.45, 2.75) is 27.3 Å². The Morgan fingerprint density at radius 1 is 0.966 bits per heavy atom. The first-order chi connectivity index (χ1) is 14.0. The maximum absolute atomic E-state index is 9.69. The molecule has 2 aromatic carbocycles. The van der Waals surface area contributed by atoms with Gasteiger partial charge >= 0.3 is 7.12 Å². The number of rotatable bonds is 5. The van der Waals surface area contributed by atoms with Crippen LogP contribution >= 0.6 is 0 Å². The lowest BCUT2D eigenvalue weighted by Gasteiger charge is -2.13. The summed E-state index contributed by atoms with van der Waals surface area (Å²) < 4.78 is 0. The molecule has 4 N–H and O–H groups in total. The first kappa shape index (κ1) is 19.2. The van der Waals surface area contributed by atoms with Gasteiger partial charge in [0.2, 0.25) is 0 Å². The molecule has 0 radical (unpaired) electrons. The Labute approximate surface area is 169 Å². The van der Waals surface area contributed by atoms with Gasteiger partial charge in [0.05, 0.1) is 0 Å². The van der Waals surface area contributed by atoms with Gasteiger partial charge in [-0.2, -0.15) is 0 Å². The fraction of sp³-hybridized carbons (Fsp3) is 0.182. The third kappa shape index (κ3) is 3.62. The molecule has 146 valence electrons. The van der Waals surface area contributed by atoms with Crippen molar-refractivity contribution < 1.29 is 10.0 Å². The van der Waals surface area contributed by atoms with Crippen LogP contribution in [0.1, 0.15) is 22.5 Å². The normalized spacial score (nSPS) is 11.1. The van der Waals surface area contributed by atoms with Crippen molar-refractivity contribution in [2.75, 3.05) is 5.32 Å². The minimum Gasteiger partial charge on any atom is -0.423 e. The van der Waals surface area contributed by atoms with E-state index in [1.165, 1.54) is 5.56 Å². The first-order valence-corrected chi connectivity index (χ1v) is 9.56. The molecule has 29 heavy (non-hydrogen) atoms. The Balaban J connectivity index is 1.79. The second kappa shape index (κ2) is 7.70. The number of H-pyrrole nitrogens is 1. The highest BCUT2D eigenvalue weighted by Crippen LogP contribution is 2.31. The summed E-state index contributed by atoms with van der Waals surface area (Å²) in [5, 5.41) is 23.7. The predicted molar refractivity (Wildman–Crippen MR) is 117 cm³/mol. The molecule has 7 heteroatoms. The van der Waals surface area contributed by atoms with E-state index in [1.807, 2.05) is 51.1 Å². The van der Waals surface area contributed by atoms with E-state index >= 15 is 0 Å². The number of fused-ring (bicyclic) bond motifs is 1. The van der Waals surface area contributed by atoms with Crippen LogP contribution in [0.15, 0.2) is 48.5 Å². The van der Waals surface area contributed by atoms with Crippen molar-refractivity contribution in [3.05, 3.63) is 71.0 Å². The van der Waals surface area contributed by atoms with E-state index < -0.39 is 7.12 Å². The lowest BCUT2D eigenvalue weighted by molar-refractivity contribution is 0.426. The summed E-state index contributed by atoms with van der Waals surface area (Å²) in [6.45, 7) is 6.60. The van der Waals surface area contributed by atoms with Gasteiger partial charge in [-0.25, -0.2) is 9.97 Å². The highest BCUT2D eigenvalue weighted by molar-refractivity contribution is 6.61. The third-order valence-electron chi connectivity index (χ3n) is 5.25. The minimum atomic E-state index is -1.55. The zero-order valence-corrected chi connectivity index (χ0v) is 16.7. The van der Waals surface area contributed by atoms with Crippen LogP contribution in [0, 0.1) is 20.8 Å². The Hall–Kier alpha value is -3.16. The fourth-order valence-corrected chi connectivity index (χ4v) is 3.57. The second-order valence-corrected chi connectivity index (χ2v) is 7.21. The van der Waals surface area contributed by atoms with Crippen LogP contribution in [0.3, 0.4) is 0 Å². The Morgan fingerprint density at radius 3 is 2.45 bits per heavy atom. The molecule has 2 heterocycles. The molecule has 0 bridgehead atoms. The lowest BCUT2D eigenvalue weighted by atomic mass is 9.79. The number of hydrogen-bond acceptors (Lipinski definition) is 5. The molecule has 0 spiro atoms. The topological polar surface area (TPSA) is 94.1 Å². The molecule has 0 saturated carbocycles. The molecule has 0 aliphatic heterocycles. The van der Waals surface area contributed by atoms with Gasteiger partial charge in [0.1, 0.15) is 5.82 Å². The Morgan fingerprint density at radius 2 is 1.72 bits per heavy atom. The summed E-state index contributed by atoms with van der Waals surface area (Å²) in [6.07, 6.45) is 0. The van der Waals surface area contributed by atoms with Crippen molar-refractivity contribution >= 4 is 29.3 Å². The molecule has 0 aliphatic carbocycles. The highest BCUT2D eigenvalue weighted by Gasteiger charge is 2.21. The summed E-state index contributed by atoms with van der Waals surface area (Å²) >= 11 is 0. The Kier molecular flexibility index (Phi) is 5.09. The molecule has 0 atom stereocenters. The van der Waals surface area contributed by atoms with Crippen molar-refractivity contribution in [2.24, 2.45) is 0 Å². The average Bonchev–Trinajstić information content (AvgIpc) is 3.05. The SMILES string of the molecule is Cc1nc(-c2c(C)[nH]c3c(B(O)O)cccc23)nc(NCc2ccccc2)c1C. The van der Waals surface area contributed by atoms with Crippen LogP contribution in [0.2, 0.25) is 0 Å². The molecule has 6 nitrogen and oxygen atoms in total. The van der Waals surface area contributed by atoms with E-state index in [2.05, 4.69) is 22.4 Å². The number of aryl methyl sites for hydroxylation is 2. The van der Waals surface area contributed by atoms with Crippen LogP contribution < -0.4 is 10.8 Å². The van der Waals surface area contributed by atoms with Gasteiger partial charge in [0, 0.05) is 45.4 Å². The van der Waals surface area contributed by atoms with E-state index in [-0.39, 0.29) is 0 Å². The third-order valence-corrected chi connectivity index (χ3v) is 5.25. The smallest absolute Gasteiger partial charge is 0.423 e. The van der Waals surface area contributed by atoms with Gasteiger partial charge in [0.25, 0.3) is 0 Å². The molecule has 0 unspecified atom stereocenters. The summed E-state index contributed by atoms with van der Waals surface area (Å²) in [5.41, 5.74) is 5.96. The van der Waals surface area contributed by atoms with Crippen molar-refractivity contribution in [1.29, 1.82) is 0 Å². The zero-order valence-electron chi connectivity index (χ0n) is 16.7. The van der Waals surface area contributed by atoms with E-state index in [1.54, 1.807) is 6.07 Å². The number of benzene rings is 2. The average molecular weight is 386 g/mol. The van der Waals surface area contributed by atoms with Gasteiger partial charge in [-0.15, -0.1) is 0 Å². The van der Waals surface area contributed by atoms with E-state index in [0.717, 1.165) is 33.7 Å². The monoisotopic (exact) mass is 386 g/mol. The van der Waals surface area contributed by atoms with E-state index in [9.17, 15) is 10.0 Å². The highest BCUT2D eigenvalue weighted by atomic mass is 16.4. The molecule has 0 saturated heterocycles. The summed E-state index contributed by atoms with van der Waals surface area (Å²) in [4.78, 5) is 12.8. The van der Waals surface area contributed by atoms with Gasteiger partial charge in [-0.1, -0.05) is 48.5 Å². The first-order valence-electron chi connectivity index (χ1n) is 9.56. The van der Waals surface area contributed by atoms with Crippen LogP contribution in [-0.4, -0.2) is 32.1 Å². The molecule has 4 rings (SSSR count). The van der Waals surface area contributed by atoms with Crippen LogP contribution in [0.4, 0.5) is 5.82 Å². The van der Waals surface area contributed by atoms with Crippen LogP contribution in [0.25, 0.3) is 22.3 Å². The Bertz CT molecular complexity index is 1170. The number of aromatic amines is 1. The number of nitrogens with one attached hydrogen (secondary N) is 2. The number of nitrogens with zero attached hydrogens (tertiary/aromatic N) is 2. The molecule has 0 amide bonds. The summed E-state index contributed by atoms with van der Waals surface area (Å²) in [7, 11) is -1.55. The maximum atomic E-state index is 9.69. The maximum Gasteiger partial charge on any atom is 0.490 e. The van der Waals surface area contributed by atoms with Gasteiger partial charge < -0.3 is 20.3 Å². The van der Waals surface area contributed by atoms with Crippen LogP contribution in [0.5, 0.6) is 0 Å². The molecule has 0 fully saturated rings. The largest absolute Gasteiger partial charge is 0.490 e. The minimum absolute atomic E-state index is 0.433. The van der Waals surface area contributed by atoms with Crippen molar-refractivity contribution in [1.82, 2.24) is 15.0 Å². The summed E-state index contributed by atoms with van der Waals surface area (Å²) in [6, 6.07) is 15.6. The predicted octanol–water partition coefficient (Wildman–Crippen LogP) is 2.84. The van der Waals surface area contributed by atoms with Gasteiger partial charge in [-0.3, -0.25) is 0 Å². The van der Waals surface area contributed by atoms with Crippen LogP contribution in [-0.2, 0) is 6.54 Å². The second-order valence-electron chi connectivity index (χ2n) is 7.21. The van der Waals surface area contributed by atoms with Crippen molar-refractivity contribution in [3.8, 4) is 11.4 Å². The van der Waals surface area contributed by atoms with E-state index in [4.69, 9.17) is 9.97 Å². The van der Waals surface area contributed by atoms with Gasteiger partial charge in [0.15, 0.2) is 5.82 Å². The summed E-state index contributed by atoms with van der Waals surface area (Å²) in [5.74, 6) is 1.40. The molecule has 0 aliphatic rings. The lowest BCUT2D eigenvalue weighted by Crippen LogP contribution is -2.30. The zero-order chi connectivity index (χ0) is 20.5. The van der Waals surface area contributed by atoms with Gasteiger partial charge in [-0.05, 0) is 26.3 Å². The quantitative estimate of drug-likeness (QED) is 0.396. The molecule has 4 aromatic rings. The number of anilines is 1. The van der Waals surface area contributed by atoms with Crippen molar-refractivity contribution in [3.63, 3.8) is 0 Å². The molecule has 2 aromatic heterocycles. The number of aromatic nitrogens is 3. The molecular formula is C22H23BN4O2. The standard InChI is InChI=1S/C22H23BN4O2/c1-13-14(2)26-22(27-21(13)24-12-16-8-5-4-6-9-16)19-15(3)25-20-17(19)10-7-11-18(20)23(28)29/h4-11,25,28-29H,12H2,1-3H3,(H,24,26,27). The number of para-hydroxylation sites is 1. The fourth-order valence-electron chi connectivity index (χ4n) is 3.57. The molecular weight excluding hydrogens is 363 g/mol.